The van der Waals surface area contributed by atoms with Gasteiger partial charge in [0.05, 0.1) is 6.10 Å². The van der Waals surface area contributed by atoms with Crippen LogP contribution in [0.4, 0.5) is 10.1 Å². The van der Waals surface area contributed by atoms with E-state index in [9.17, 15) is 9.50 Å². The lowest BCUT2D eigenvalue weighted by molar-refractivity contribution is 0.140. The van der Waals surface area contributed by atoms with E-state index in [0.29, 0.717) is 12.1 Å². The van der Waals surface area contributed by atoms with Gasteiger partial charge in [-0.05, 0) is 18.6 Å². The van der Waals surface area contributed by atoms with Crippen LogP contribution in [0.15, 0.2) is 18.2 Å². The van der Waals surface area contributed by atoms with Crippen LogP contribution >= 0.6 is 0 Å². The smallest absolute Gasteiger partial charge is 0.131 e. The van der Waals surface area contributed by atoms with Crippen molar-refractivity contribution in [2.45, 2.75) is 25.5 Å². The van der Waals surface area contributed by atoms with Gasteiger partial charge in [-0.3, -0.25) is 0 Å². The van der Waals surface area contributed by atoms with Crippen molar-refractivity contribution in [2.24, 2.45) is 5.73 Å². The van der Waals surface area contributed by atoms with Gasteiger partial charge in [0, 0.05) is 17.3 Å². The Hall–Kier alpha value is -1.13. The Morgan fingerprint density at radius 2 is 2.14 bits per heavy atom. The predicted octanol–water partition coefficient (Wildman–Crippen LogP) is 1.18. The maximum atomic E-state index is 13.3. The predicted molar refractivity (Wildman–Crippen MR) is 54.0 cm³/mol. The summed E-state index contributed by atoms with van der Waals surface area (Å²) in [6.07, 6.45) is -0.383. The van der Waals surface area contributed by atoms with Gasteiger partial charge in [0.25, 0.3) is 0 Å². The van der Waals surface area contributed by atoms with Gasteiger partial charge in [0.2, 0.25) is 0 Å². The first-order valence-corrected chi connectivity index (χ1v) is 4.54. The number of aliphatic hydroxyl groups excluding tert-OH is 1. The average Bonchev–Trinajstić information content (AvgIpc) is 2.15. The number of anilines is 1. The van der Waals surface area contributed by atoms with E-state index >= 15 is 0 Å². The normalized spacial score (nSPS) is 15.1. The van der Waals surface area contributed by atoms with Crippen LogP contribution in [-0.2, 0) is 0 Å². The molecule has 2 atom stereocenters. The second-order valence-electron chi connectivity index (χ2n) is 3.30. The number of rotatable bonds is 3. The summed E-state index contributed by atoms with van der Waals surface area (Å²) in [6.45, 7) is 1.84. The lowest BCUT2D eigenvalue weighted by atomic mass is 10.0. The first-order valence-electron chi connectivity index (χ1n) is 4.54. The summed E-state index contributed by atoms with van der Waals surface area (Å²) in [4.78, 5) is 0. The minimum atomic E-state index is -0.972. The first kappa shape index (κ1) is 10.9. The van der Waals surface area contributed by atoms with Crippen LogP contribution in [0.3, 0.4) is 0 Å². The summed E-state index contributed by atoms with van der Waals surface area (Å²) in [7, 11) is 0. The van der Waals surface area contributed by atoms with Crippen LogP contribution in [-0.4, -0.2) is 11.1 Å². The zero-order valence-electron chi connectivity index (χ0n) is 8.07. The van der Waals surface area contributed by atoms with E-state index < -0.39 is 18.0 Å². The number of nitrogens with two attached hydrogens (primary N) is 2. The third-order valence-corrected chi connectivity index (χ3v) is 2.22. The molecule has 0 radical (unpaired) electrons. The molecular weight excluding hydrogens is 183 g/mol. The van der Waals surface area contributed by atoms with Crippen molar-refractivity contribution in [2.75, 3.05) is 5.73 Å². The highest BCUT2D eigenvalue weighted by Crippen LogP contribution is 2.22. The van der Waals surface area contributed by atoms with Crippen molar-refractivity contribution >= 4 is 5.69 Å². The molecule has 0 aliphatic heterocycles. The van der Waals surface area contributed by atoms with E-state index in [-0.39, 0.29) is 5.56 Å². The van der Waals surface area contributed by atoms with E-state index in [2.05, 4.69) is 0 Å². The molecule has 1 aromatic rings. The third-order valence-electron chi connectivity index (χ3n) is 2.22. The number of hydrogen-bond donors (Lipinski definition) is 3. The van der Waals surface area contributed by atoms with E-state index in [1.165, 1.54) is 12.1 Å². The monoisotopic (exact) mass is 198 g/mol. The molecule has 0 saturated carbocycles. The largest absolute Gasteiger partial charge is 0.399 e. The molecule has 0 aliphatic carbocycles. The molecule has 5 N–H and O–H groups in total. The van der Waals surface area contributed by atoms with E-state index in [1.807, 2.05) is 6.92 Å². The minimum Gasteiger partial charge on any atom is -0.399 e. The Morgan fingerprint density at radius 3 is 2.64 bits per heavy atom. The molecule has 0 bridgehead atoms. The number of nitrogen functional groups attached to an aromatic ring is 1. The molecule has 0 amide bonds. The average molecular weight is 198 g/mol. The summed E-state index contributed by atoms with van der Waals surface area (Å²) in [5.41, 5.74) is 11.5. The lowest BCUT2D eigenvalue weighted by Crippen LogP contribution is -2.28. The molecule has 0 aromatic heterocycles. The van der Waals surface area contributed by atoms with Crippen LogP contribution in [0.25, 0.3) is 0 Å². The van der Waals surface area contributed by atoms with Gasteiger partial charge in [-0.25, -0.2) is 4.39 Å². The van der Waals surface area contributed by atoms with Crippen molar-refractivity contribution < 1.29 is 9.50 Å². The summed E-state index contributed by atoms with van der Waals surface area (Å²) in [5.74, 6) is -0.513. The second kappa shape index (κ2) is 4.39. The first-order chi connectivity index (χ1) is 6.56. The zero-order valence-corrected chi connectivity index (χ0v) is 8.07. The number of halogens is 1. The summed E-state index contributed by atoms with van der Waals surface area (Å²) in [5, 5.41) is 9.65. The fraction of sp³-hybridized carbons (Fsp3) is 0.400. The van der Waals surface area contributed by atoms with Crippen molar-refractivity contribution in [1.29, 1.82) is 0 Å². The van der Waals surface area contributed by atoms with Crippen molar-refractivity contribution in [3.8, 4) is 0 Å². The van der Waals surface area contributed by atoms with Gasteiger partial charge >= 0.3 is 0 Å². The summed E-state index contributed by atoms with van der Waals surface area (Å²) in [6, 6.07) is 3.74. The molecule has 0 saturated heterocycles. The molecule has 1 rings (SSSR count). The van der Waals surface area contributed by atoms with Gasteiger partial charge < -0.3 is 16.6 Å². The van der Waals surface area contributed by atoms with Crippen LogP contribution in [0.5, 0.6) is 0 Å². The summed E-state index contributed by atoms with van der Waals surface area (Å²) < 4.78 is 13.3. The SMILES string of the molecule is CCC(N)C(O)c1ccc(N)cc1F. The Balaban J connectivity index is 2.95. The van der Waals surface area contributed by atoms with Crippen LogP contribution in [0.1, 0.15) is 25.0 Å². The molecule has 0 spiro atoms. The molecule has 1 aromatic carbocycles. The molecule has 0 heterocycles. The van der Waals surface area contributed by atoms with Gasteiger partial charge in [0.1, 0.15) is 5.82 Å². The third kappa shape index (κ3) is 2.21. The summed E-state index contributed by atoms with van der Waals surface area (Å²) >= 11 is 0. The number of benzene rings is 1. The van der Waals surface area contributed by atoms with Crippen molar-refractivity contribution in [3.05, 3.63) is 29.6 Å². The molecule has 14 heavy (non-hydrogen) atoms. The zero-order chi connectivity index (χ0) is 10.7. The highest BCUT2D eigenvalue weighted by atomic mass is 19.1. The fourth-order valence-corrected chi connectivity index (χ4v) is 1.24. The molecule has 2 unspecified atom stereocenters. The van der Waals surface area contributed by atoms with E-state index in [1.54, 1.807) is 6.07 Å². The quantitative estimate of drug-likeness (QED) is 0.638. The fourth-order valence-electron chi connectivity index (χ4n) is 1.24. The van der Waals surface area contributed by atoms with Gasteiger partial charge in [-0.2, -0.15) is 0 Å². The Morgan fingerprint density at radius 1 is 1.50 bits per heavy atom. The highest BCUT2D eigenvalue weighted by Gasteiger charge is 2.18. The molecule has 0 fully saturated rings. The Kier molecular flexibility index (Phi) is 3.43. The van der Waals surface area contributed by atoms with Crippen LogP contribution < -0.4 is 11.5 Å². The lowest BCUT2D eigenvalue weighted by Gasteiger charge is -2.18. The number of hydrogen-bond acceptors (Lipinski definition) is 3. The molecule has 78 valence electrons. The Bertz CT molecular complexity index is 317. The number of aliphatic hydroxyl groups is 1. The topological polar surface area (TPSA) is 72.3 Å². The second-order valence-corrected chi connectivity index (χ2v) is 3.30. The van der Waals surface area contributed by atoms with Gasteiger partial charge in [-0.15, -0.1) is 0 Å². The van der Waals surface area contributed by atoms with Crippen molar-refractivity contribution in [3.63, 3.8) is 0 Å². The van der Waals surface area contributed by atoms with Crippen molar-refractivity contribution in [1.82, 2.24) is 0 Å². The maximum Gasteiger partial charge on any atom is 0.131 e. The van der Waals surface area contributed by atoms with Crippen LogP contribution in [0, 0.1) is 5.82 Å². The molecule has 0 aliphatic rings. The standard InChI is InChI=1S/C10H15FN2O/c1-2-9(13)10(14)7-4-3-6(12)5-8(7)11/h3-5,9-10,14H,2,12-13H2,1H3. The minimum absolute atomic E-state index is 0.202. The van der Waals surface area contributed by atoms with E-state index in [4.69, 9.17) is 11.5 Å². The maximum absolute atomic E-state index is 13.3. The van der Waals surface area contributed by atoms with Crippen LogP contribution in [0.2, 0.25) is 0 Å². The molecule has 3 nitrogen and oxygen atoms in total. The highest BCUT2D eigenvalue weighted by molar-refractivity contribution is 5.41. The Labute approximate surface area is 82.5 Å². The van der Waals surface area contributed by atoms with E-state index in [0.717, 1.165) is 0 Å². The van der Waals surface area contributed by atoms with Gasteiger partial charge in [0.15, 0.2) is 0 Å². The molecular formula is C10H15FN2O. The van der Waals surface area contributed by atoms with Gasteiger partial charge in [-0.1, -0.05) is 13.0 Å². The molecule has 4 heteroatoms.